The molecular formula is C19H17BrN6O2. The van der Waals surface area contributed by atoms with Gasteiger partial charge < -0.3 is 14.8 Å². The largest absolute Gasteiger partial charge is 0.352 e. The molecule has 2 fully saturated rings. The maximum Gasteiger partial charge on any atom is 0.332 e. The number of imide groups is 1. The monoisotopic (exact) mass is 440 g/mol. The first-order valence-corrected chi connectivity index (χ1v) is 9.77. The molecule has 2 aliphatic rings. The highest BCUT2D eigenvalue weighted by molar-refractivity contribution is 9.10. The lowest BCUT2D eigenvalue weighted by Gasteiger charge is -2.36. The van der Waals surface area contributed by atoms with Crippen LogP contribution in [-0.2, 0) is 4.79 Å². The van der Waals surface area contributed by atoms with Crippen molar-refractivity contribution in [2.45, 2.75) is 13.0 Å². The van der Waals surface area contributed by atoms with Crippen LogP contribution in [0.5, 0.6) is 0 Å². The lowest BCUT2D eigenvalue weighted by Crippen LogP contribution is -2.53. The summed E-state index contributed by atoms with van der Waals surface area (Å²) in [5.41, 5.74) is 2.41. The highest BCUT2D eigenvalue weighted by Gasteiger charge is 2.48. The lowest BCUT2D eigenvalue weighted by molar-refractivity contribution is -0.119. The van der Waals surface area contributed by atoms with Crippen molar-refractivity contribution in [1.29, 1.82) is 0 Å². The normalized spacial score (nSPS) is 19.6. The smallest absolute Gasteiger partial charge is 0.332 e. The van der Waals surface area contributed by atoms with Gasteiger partial charge in [-0.05, 0) is 30.7 Å². The first kappa shape index (κ1) is 17.2. The van der Waals surface area contributed by atoms with Gasteiger partial charge in [-0.15, -0.1) is 0 Å². The van der Waals surface area contributed by atoms with Gasteiger partial charge in [0.2, 0.25) is 0 Å². The molecular weight excluding hydrogens is 424 g/mol. The fraction of sp³-hybridized carbons (Fsp3) is 0.263. The van der Waals surface area contributed by atoms with Crippen LogP contribution in [0.15, 0.2) is 41.3 Å². The van der Waals surface area contributed by atoms with Crippen LogP contribution >= 0.6 is 15.9 Å². The van der Waals surface area contributed by atoms with Gasteiger partial charge >= 0.3 is 6.03 Å². The highest BCUT2D eigenvalue weighted by Crippen LogP contribution is 2.32. The van der Waals surface area contributed by atoms with Gasteiger partial charge in [0.1, 0.15) is 23.8 Å². The second kappa shape index (κ2) is 6.30. The Morgan fingerprint density at radius 3 is 2.89 bits per heavy atom. The molecule has 2 aromatic heterocycles. The van der Waals surface area contributed by atoms with Crippen molar-refractivity contribution in [3.05, 3.63) is 46.8 Å². The minimum atomic E-state index is -0.524. The first-order valence-electron chi connectivity index (χ1n) is 8.98. The van der Waals surface area contributed by atoms with E-state index >= 15 is 0 Å². The molecule has 3 aromatic rings. The molecule has 0 spiro atoms. The molecule has 9 heteroatoms. The topological polar surface area (TPSA) is 85.4 Å². The number of halogens is 1. The van der Waals surface area contributed by atoms with Crippen LogP contribution in [0.1, 0.15) is 5.56 Å². The van der Waals surface area contributed by atoms with E-state index in [2.05, 4.69) is 35.8 Å². The van der Waals surface area contributed by atoms with Crippen LogP contribution in [0.25, 0.3) is 11.0 Å². The predicted molar refractivity (Wildman–Crippen MR) is 108 cm³/mol. The van der Waals surface area contributed by atoms with Gasteiger partial charge in [-0.25, -0.2) is 19.7 Å². The highest BCUT2D eigenvalue weighted by atomic mass is 79.9. The predicted octanol–water partition coefficient (Wildman–Crippen LogP) is 2.69. The third kappa shape index (κ3) is 2.50. The number of benzene rings is 1. The van der Waals surface area contributed by atoms with Gasteiger partial charge in [0.25, 0.3) is 5.91 Å². The van der Waals surface area contributed by atoms with Crippen molar-refractivity contribution < 1.29 is 9.59 Å². The van der Waals surface area contributed by atoms with Gasteiger partial charge in [-0.3, -0.25) is 4.79 Å². The Morgan fingerprint density at radius 1 is 1.21 bits per heavy atom. The zero-order valence-electron chi connectivity index (χ0n) is 15.1. The number of urea groups is 1. The molecule has 2 saturated heterocycles. The zero-order chi connectivity index (χ0) is 19.4. The summed E-state index contributed by atoms with van der Waals surface area (Å²) < 4.78 is 0.823. The number of nitrogens with zero attached hydrogens (tertiary/aromatic N) is 5. The van der Waals surface area contributed by atoms with Crippen LogP contribution in [0.3, 0.4) is 0 Å². The van der Waals surface area contributed by atoms with Gasteiger partial charge in [-0.2, -0.15) is 0 Å². The van der Waals surface area contributed by atoms with Crippen LogP contribution in [0.2, 0.25) is 0 Å². The van der Waals surface area contributed by atoms with E-state index in [-0.39, 0.29) is 11.9 Å². The molecule has 2 aliphatic heterocycles. The zero-order valence-corrected chi connectivity index (χ0v) is 16.7. The van der Waals surface area contributed by atoms with E-state index in [0.717, 1.165) is 26.9 Å². The fourth-order valence-corrected chi connectivity index (χ4v) is 4.36. The lowest BCUT2D eigenvalue weighted by atomic mass is 10.1. The number of aromatic nitrogens is 3. The van der Waals surface area contributed by atoms with Crippen LogP contribution in [0.4, 0.5) is 16.3 Å². The third-order valence-electron chi connectivity index (χ3n) is 5.34. The number of carbonyl (C=O) groups is 2. The summed E-state index contributed by atoms with van der Waals surface area (Å²) in [4.78, 5) is 42.9. The number of aryl methyl sites for hydroxylation is 1. The van der Waals surface area contributed by atoms with E-state index in [1.54, 1.807) is 17.0 Å². The number of piperazine rings is 1. The van der Waals surface area contributed by atoms with E-state index in [1.807, 2.05) is 25.3 Å². The fourth-order valence-electron chi connectivity index (χ4n) is 3.98. The van der Waals surface area contributed by atoms with E-state index in [9.17, 15) is 9.59 Å². The Kier molecular flexibility index (Phi) is 3.87. The number of fused-ring (bicyclic) bond motifs is 2. The summed E-state index contributed by atoms with van der Waals surface area (Å²) in [6.45, 7) is 3.49. The molecule has 1 aromatic carbocycles. The number of amides is 3. The molecule has 0 aliphatic carbocycles. The minimum Gasteiger partial charge on any atom is -0.352 e. The second-order valence-electron chi connectivity index (χ2n) is 6.98. The minimum absolute atomic E-state index is 0.205. The summed E-state index contributed by atoms with van der Waals surface area (Å²) in [7, 11) is 0. The molecule has 1 atom stereocenters. The van der Waals surface area contributed by atoms with Crippen LogP contribution < -0.4 is 9.80 Å². The molecule has 0 radical (unpaired) electrons. The van der Waals surface area contributed by atoms with Crippen molar-refractivity contribution in [3.8, 4) is 0 Å². The van der Waals surface area contributed by atoms with E-state index in [4.69, 9.17) is 0 Å². The maximum atomic E-state index is 13.1. The van der Waals surface area contributed by atoms with Crippen molar-refractivity contribution >= 4 is 50.4 Å². The van der Waals surface area contributed by atoms with Gasteiger partial charge in [-0.1, -0.05) is 22.0 Å². The molecule has 4 heterocycles. The summed E-state index contributed by atoms with van der Waals surface area (Å²) in [6.07, 6.45) is 3.42. The Hall–Kier alpha value is -2.94. The van der Waals surface area contributed by atoms with E-state index in [1.165, 1.54) is 11.2 Å². The maximum absolute atomic E-state index is 13.1. The number of anilines is 2. The van der Waals surface area contributed by atoms with Gasteiger partial charge in [0.15, 0.2) is 0 Å². The number of hydrogen-bond acceptors (Lipinski definition) is 5. The Balaban J connectivity index is 1.48. The molecule has 142 valence electrons. The molecule has 0 bridgehead atoms. The quantitative estimate of drug-likeness (QED) is 0.619. The average Bonchev–Trinajstić information content (AvgIpc) is 3.19. The summed E-state index contributed by atoms with van der Waals surface area (Å²) in [5, 5.41) is 0.955. The van der Waals surface area contributed by atoms with Crippen LogP contribution in [0, 0.1) is 6.92 Å². The Labute approximate surface area is 169 Å². The van der Waals surface area contributed by atoms with Gasteiger partial charge in [0, 0.05) is 30.3 Å². The standard InChI is InChI=1S/C19H17BrN6O2/c1-11-8-21-16-15(11)17(23-10-22-16)24-5-6-25-14(9-24)18(27)26(19(25)28)13-4-2-3-12(20)7-13/h2-4,7-8,10,14H,5-6,9H2,1H3,(H,21,22,23). The van der Waals surface area contributed by atoms with Crippen molar-refractivity contribution in [2.75, 3.05) is 29.4 Å². The number of rotatable bonds is 2. The number of aromatic amines is 1. The van der Waals surface area contributed by atoms with E-state index < -0.39 is 6.04 Å². The van der Waals surface area contributed by atoms with Crippen molar-refractivity contribution in [3.63, 3.8) is 0 Å². The first-order chi connectivity index (χ1) is 13.5. The molecule has 5 rings (SSSR count). The second-order valence-corrected chi connectivity index (χ2v) is 7.90. The van der Waals surface area contributed by atoms with Crippen molar-refractivity contribution in [2.24, 2.45) is 0 Å². The molecule has 28 heavy (non-hydrogen) atoms. The third-order valence-corrected chi connectivity index (χ3v) is 5.83. The number of hydrogen-bond donors (Lipinski definition) is 1. The van der Waals surface area contributed by atoms with Gasteiger partial charge in [0.05, 0.1) is 11.1 Å². The number of H-pyrrole nitrogens is 1. The number of carbonyl (C=O) groups excluding carboxylic acids is 2. The summed E-state index contributed by atoms with van der Waals surface area (Å²) in [6, 6.07) is 6.44. The molecule has 1 N–H and O–H groups in total. The Bertz CT molecular complexity index is 1110. The molecule has 3 amide bonds. The number of nitrogens with one attached hydrogen (secondary N) is 1. The average molecular weight is 441 g/mol. The van der Waals surface area contributed by atoms with Crippen LogP contribution in [-0.4, -0.2) is 57.5 Å². The molecule has 8 nitrogen and oxygen atoms in total. The summed E-state index contributed by atoms with van der Waals surface area (Å²) in [5.74, 6) is 0.591. The SMILES string of the molecule is Cc1c[nH]c2ncnc(N3CCN4C(=O)N(c5cccc(Br)c5)C(=O)C4C3)c12. The Morgan fingerprint density at radius 2 is 2.07 bits per heavy atom. The van der Waals surface area contributed by atoms with Crippen molar-refractivity contribution in [1.82, 2.24) is 19.9 Å². The molecule has 1 unspecified atom stereocenters. The van der Waals surface area contributed by atoms with E-state index in [0.29, 0.717) is 25.3 Å². The molecule has 0 saturated carbocycles. The summed E-state index contributed by atoms with van der Waals surface area (Å²) >= 11 is 3.40.